The molecule has 194 valence electrons. The van der Waals surface area contributed by atoms with Gasteiger partial charge < -0.3 is 19.6 Å². The van der Waals surface area contributed by atoms with Gasteiger partial charge in [-0.1, -0.05) is 0 Å². The van der Waals surface area contributed by atoms with E-state index in [-0.39, 0.29) is 40.6 Å². The number of ether oxygens (including phenoxy) is 1. The van der Waals surface area contributed by atoms with Crippen molar-refractivity contribution in [2.24, 2.45) is 0 Å². The molecule has 11 heteroatoms. The zero-order valence-corrected chi connectivity index (χ0v) is 20.9. The molecule has 1 aromatic carbocycles. The van der Waals surface area contributed by atoms with Crippen LogP contribution in [0.25, 0.3) is 22.2 Å². The first-order chi connectivity index (χ1) is 17.9. The quantitative estimate of drug-likeness (QED) is 0.537. The van der Waals surface area contributed by atoms with Crippen LogP contribution in [-0.4, -0.2) is 88.8 Å². The molecule has 2 aliphatic heterocycles. The summed E-state index contributed by atoms with van der Waals surface area (Å²) in [6.45, 7) is 3.18. The number of phenolic OH excluding ortho intramolecular Hbond substituents is 1. The van der Waals surface area contributed by atoms with Crippen LogP contribution in [0.15, 0.2) is 24.4 Å². The largest absolute Gasteiger partial charge is 0.508 e. The van der Waals surface area contributed by atoms with Gasteiger partial charge >= 0.3 is 6.01 Å². The molecule has 2 fully saturated rings. The van der Waals surface area contributed by atoms with Crippen molar-refractivity contribution in [3.8, 4) is 29.1 Å². The Bertz CT molecular complexity index is 1350. The number of likely N-dealkylation sites (N-methyl/N-ethyl adjacent to an activating group) is 2. The van der Waals surface area contributed by atoms with Crippen LogP contribution < -0.4 is 9.64 Å². The molecule has 37 heavy (non-hydrogen) atoms. The highest BCUT2D eigenvalue weighted by atomic mass is 19.1. The standard InChI is InChI=1S/C26H29F2N7O2/c1-33-9-3-4-17(33)15-37-26-31-24-20(25(32-26)35-11-10-34(2)16(14-35)7-8-29)13-30-23(22(24)28)19-12-18(36)5-6-21(19)27/h5-6,12-13,16-17,36H,3-4,7,9-11,14-15H2,1-2H3/t16-,17-/m0/s1. The number of anilines is 1. The van der Waals surface area contributed by atoms with Crippen LogP contribution in [0.2, 0.25) is 0 Å². The van der Waals surface area contributed by atoms with Crippen molar-refractivity contribution in [1.82, 2.24) is 24.8 Å². The summed E-state index contributed by atoms with van der Waals surface area (Å²) in [5, 5.41) is 19.5. The first-order valence-electron chi connectivity index (χ1n) is 12.4. The Balaban J connectivity index is 1.59. The van der Waals surface area contributed by atoms with Crippen LogP contribution in [0.4, 0.5) is 14.6 Å². The van der Waals surface area contributed by atoms with Gasteiger partial charge in [-0.15, -0.1) is 0 Å². The molecule has 9 nitrogen and oxygen atoms in total. The van der Waals surface area contributed by atoms with Gasteiger partial charge in [0.1, 0.15) is 35.2 Å². The zero-order valence-electron chi connectivity index (χ0n) is 20.9. The summed E-state index contributed by atoms with van der Waals surface area (Å²) in [5.41, 5.74) is -0.459. The van der Waals surface area contributed by atoms with Crippen LogP contribution in [0, 0.1) is 23.0 Å². The van der Waals surface area contributed by atoms with Crippen LogP contribution in [0.1, 0.15) is 19.3 Å². The summed E-state index contributed by atoms with van der Waals surface area (Å²) in [6.07, 6.45) is 3.85. The zero-order chi connectivity index (χ0) is 26.1. The molecule has 4 heterocycles. The fraction of sp³-hybridized carbons (Fsp3) is 0.462. The Morgan fingerprint density at radius 2 is 1.95 bits per heavy atom. The molecule has 1 N–H and O–H groups in total. The molecule has 2 atom stereocenters. The van der Waals surface area contributed by atoms with Gasteiger partial charge in [-0.25, -0.2) is 8.78 Å². The summed E-state index contributed by atoms with van der Waals surface area (Å²) in [7, 11) is 4.01. The fourth-order valence-electron chi connectivity index (χ4n) is 5.03. The minimum atomic E-state index is -0.823. The second-order valence-corrected chi connectivity index (χ2v) is 9.71. The van der Waals surface area contributed by atoms with Crippen molar-refractivity contribution < 1.29 is 18.6 Å². The Morgan fingerprint density at radius 3 is 2.70 bits per heavy atom. The molecule has 2 aliphatic rings. The fourth-order valence-corrected chi connectivity index (χ4v) is 5.03. The predicted octanol–water partition coefficient (Wildman–Crippen LogP) is 3.18. The Labute approximate surface area is 213 Å². The third-order valence-corrected chi connectivity index (χ3v) is 7.33. The van der Waals surface area contributed by atoms with E-state index in [1.54, 1.807) is 0 Å². The highest BCUT2D eigenvalue weighted by Crippen LogP contribution is 2.34. The molecule has 0 unspecified atom stereocenters. The molecule has 2 aromatic heterocycles. The van der Waals surface area contributed by atoms with E-state index >= 15 is 4.39 Å². The summed E-state index contributed by atoms with van der Waals surface area (Å²) >= 11 is 0. The van der Waals surface area contributed by atoms with Crippen molar-refractivity contribution in [3.63, 3.8) is 0 Å². The molecule has 3 aromatic rings. The van der Waals surface area contributed by atoms with Gasteiger partial charge in [0, 0.05) is 43.5 Å². The first kappa shape index (κ1) is 25.0. The number of benzene rings is 1. The number of aromatic nitrogens is 3. The lowest BCUT2D eigenvalue weighted by Crippen LogP contribution is -2.51. The molecule has 0 radical (unpaired) electrons. The van der Waals surface area contributed by atoms with E-state index in [4.69, 9.17) is 4.74 Å². The third kappa shape index (κ3) is 4.99. The summed E-state index contributed by atoms with van der Waals surface area (Å²) in [4.78, 5) is 19.6. The van der Waals surface area contributed by atoms with Gasteiger partial charge in [0.25, 0.3) is 0 Å². The topological polar surface area (TPSA) is 102 Å². The van der Waals surface area contributed by atoms with Crippen molar-refractivity contribution in [1.29, 1.82) is 5.26 Å². The molecular formula is C26H29F2N7O2. The molecular weight excluding hydrogens is 480 g/mol. The summed E-state index contributed by atoms with van der Waals surface area (Å²) in [5.74, 6) is -1.27. The van der Waals surface area contributed by atoms with E-state index < -0.39 is 11.6 Å². The molecule has 0 aliphatic carbocycles. The maximum atomic E-state index is 15.9. The monoisotopic (exact) mass is 509 g/mol. The second kappa shape index (κ2) is 10.4. The summed E-state index contributed by atoms with van der Waals surface area (Å²) < 4.78 is 36.5. The highest BCUT2D eigenvalue weighted by molar-refractivity contribution is 5.92. The predicted molar refractivity (Wildman–Crippen MR) is 134 cm³/mol. The number of hydrogen-bond donors (Lipinski definition) is 1. The van der Waals surface area contributed by atoms with E-state index in [9.17, 15) is 14.8 Å². The van der Waals surface area contributed by atoms with Crippen molar-refractivity contribution >= 4 is 16.7 Å². The second-order valence-electron chi connectivity index (χ2n) is 9.71. The average Bonchev–Trinajstić information content (AvgIpc) is 3.30. The minimum Gasteiger partial charge on any atom is -0.508 e. The van der Waals surface area contributed by atoms with Crippen molar-refractivity contribution in [2.75, 3.05) is 51.8 Å². The maximum absolute atomic E-state index is 15.9. The number of phenols is 1. The SMILES string of the molecule is CN1CCC[C@H]1COc1nc(N2CCN(C)[C@@H](CC#N)C2)c2cnc(-c3cc(O)ccc3F)c(F)c2n1. The molecule has 0 spiro atoms. The van der Waals surface area contributed by atoms with Gasteiger partial charge in [-0.05, 0) is 51.7 Å². The number of hydrogen-bond acceptors (Lipinski definition) is 9. The van der Waals surface area contributed by atoms with Gasteiger partial charge in [0.05, 0.1) is 17.9 Å². The Morgan fingerprint density at radius 1 is 1.14 bits per heavy atom. The summed E-state index contributed by atoms with van der Waals surface area (Å²) in [6, 6.07) is 5.85. The number of rotatable bonds is 6. The Kier molecular flexibility index (Phi) is 7.04. The number of aromatic hydroxyl groups is 1. The van der Waals surface area contributed by atoms with Crippen molar-refractivity contribution in [3.05, 3.63) is 36.0 Å². The van der Waals surface area contributed by atoms with E-state index in [1.165, 1.54) is 12.3 Å². The lowest BCUT2D eigenvalue weighted by Gasteiger charge is -2.39. The van der Waals surface area contributed by atoms with Crippen molar-refractivity contribution in [2.45, 2.75) is 31.3 Å². The number of pyridine rings is 1. The smallest absolute Gasteiger partial charge is 0.319 e. The van der Waals surface area contributed by atoms with Crippen LogP contribution in [-0.2, 0) is 0 Å². The number of likely N-dealkylation sites (tertiary alicyclic amines) is 1. The number of nitrogens with zero attached hydrogens (tertiary/aromatic N) is 7. The Hall–Kier alpha value is -3.62. The van der Waals surface area contributed by atoms with Crippen LogP contribution >= 0.6 is 0 Å². The van der Waals surface area contributed by atoms with Gasteiger partial charge in [-0.3, -0.25) is 9.88 Å². The lowest BCUT2D eigenvalue weighted by molar-refractivity contribution is 0.188. The van der Waals surface area contributed by atoms with Gasteiger partial charge in [-0.2, -0.15) is 15.2 Å². The maximum Gasteiger partial charge on any atom is 0.319 e. The number of piperazine rings is 1. The van der Waals surface area contributed by atoms with Gasteiger partial charge in [0.15, 0.2) is 5.82 Å². The molecule has 0 amide bonds. The van der Waals surface area contributed by atoms with Gasteiger partial charge in [0.2, 0.25) is 0 Å². The van der Waals surface area contributed by atoms with E-state index in [0.29, 0.717) is 43.9 Å². The minimum absolute atomic E-state index is 0.0151. The van der Waals surface area contributed by atoms with E-state index in [2.05, 4.69) is 30.8 Å². The lowest BCUT2D eigenvalue weighted by atomic mass is 10.1. The van der Waals surface area contributed by atoms with Crippen LogP contribution in [0.3, 0.4) is 0 Å². The third-order valence-electron chi connectivity index (χ3n) is 7.33. The number of halogens is 2. The van der Waals surface area contributed by atoms with Crippen LogP contribution in [0.5, 0.6) is 11.8 Å². The molecule has 0 bridgehead atoms. The highest BCUT2D eigenvalue weighted by Gasteiger charge is 2.29. The first-order valence-corrected chi connectivity index (χ1v) is 12.4. The average molecular weight is 510 g/mol. The number of fused-ring (bicyclic) bond motifs is 1. The van der Waals surface area contributed by atoms with E-state index in [0.717, 1.165) is 31.5 Å². The number of nitriles is 1. The molecule has 5 rings (SSSR count). The normalized spacial score (nSPS) is 20.9. The van der Waals surface area contributed by atoms with E-state index in [1.807, 2.05) is 19.0 Å². The molecule has 2 saturated heterocycles. The molecule has 0 saturated carbocycles.